The fraction of sp³-hybridized carbons (Fsp3) is 0.761. The van der Waals surface area contributed by atoms with E-state index in [4.69, 9.17) is 18.9 Å². The summed E-state index contributed by atoms with van der Waals surface area (Å²) in [6.45, 7) is 2.63. The zero-order chi connectivity index (χ0) is 44.0. The lowest BCUT2D eigenvalue weighted by Crippen LogP contribution is -2.65. The number of aliphatic hydroxyl groups excluding tert-OH is 8. The van der Waals surface area contributed by atoms with E-state index in [1.165, 1.54) is 32.1 Å². The Bertz CT molecular complexity index is 1240. The third kappa shape index (κ3) is 21.2. The van der Waals surface area contributed by atoms with Crippen LogP contribution in [0.2, 0.25) is 0 Å². The van der Waals surface area contributed by atoms with Gasteiger partial charge < -0.3 is 65.1 Å². The summed E-state index contributed by atoms with van der Waals surface area (Å²) in [6, 6.07) is -0.858. The van der Waals surface area contributed by atoms with Crippen molar-refractivity contribution in [3.8, 4) is 0 Å². The lowest BCUT2D eigenvalue weighted by Gasteiger charge is -2.46. The smallest absolute Gasteiger partial charge is 0.220 e. The molecule has 0 bridgehead atoms. The molecule has 60 heavy (non-hydrogen) atoms. The molecule has 346 valence electrons. The molecule has 0 saturated carbocycles. The maximum absolute atomic E-state index is 13.1. The van der Waals surface area contributed by atoms with Gasteiger partial charge in [-0.25, -0.2) is 0 Å². The average molecular weight is 854 g/mol. The molecule has 2 saturated heterocycles. The number of unbranched alkanes of at least 4 members (excludes halogenated alkanes) is 9. The van der Waals surface area contributed by atoms with Crippen molar-refractivity contribution in [2.75, 3.05) is 19.8 Å². The molecule has 0 radical (unpaired) electrons. The highest BCUT2D eigenvalue weighted by molar-refractivity contribution is 5.76. The fourth-order valence-electron chi connectivity index (χ4n) is 7.03. The van der Waals surface area contributed by atoms with Gasteiger partial charge in [-0.3, -0.25) is 4.79 Å². The van der Waals surface area contributed by atoms with Gasteiger partial charge in [-0.05, 0) is 51.4 Å². The molecule has 0 aromatic carbocycles. The molecule has 2 aliphatic rings. The number of hydrogen-bond acceptors (Lipinski definition) is 13. The van der Waals surface area contributed by atoms with E-state index in [-0.39, 0.29) is 18.9 Å². The summed E-state index contributed by atoms with van der Waals surface area (Å²) in [5, 5.41) is 86.4. The van der Waals surface area contributed by atoms with Crippen LogP contribution < -0.4 is 5.32 Å². The quantitative estimate of drug-likeness (QED) is 0.0340. The van der Waals surface area contributed by atoms with Gasteiger partial charge in [0.1, 0.15) is 48.8 Å². The monoisotopic (exact) mass is 854 g/mol. The van der Waals surface area contributed by atoms with Crippen molar-refractivity contribution in [2.45, 2.75) is 203 Å². The number of hydrogen-bond donors (Lipinski definition) is 9. The van der Waals surface area contributed by atoms with Gasteiger partial charge in [-0.1, -0.05) is 132 Å². The Morgan fingerprint density at radius 1 is 0.617 bits per heavy atom. The number of carbonyl (C=O) groups is 1. The van der Waals surface area contributed by atoms with E-state index in [1.54, 1.807) is 0 Å². The van der Waals surface area contributed by atoms with Crippen molar-refractivity contribution >= 4 is 5.91 Å². The van der Waals surface area contributed by atoms with Crippen molar-refractivity contribution < 1.29 is 64.6 Å². The maximum atomic E-state index is 13.1. The standard InChI is InChI=1S/C46H79NO13/c1-3-5-7-9-11-13-14-15-16-17-18-19-20-22-24-26-28-30-38(51)47-34(35(50)29-27-25-23-21-12-10-8-6-4-2)33-57-45-43(56)41(54)44(37(32-49)59-45)60-46-42(55)40(53)39(52)36(31-48)58-46/h5,7,11,13,15-16,18-19,22,24,34-37,39-46,48-50,52-56H,3-4,6,8-10,12,14,17,20-21,23,25-33H2,1-2H3,(H,47,51)/b7-5-,13-11-,16-15-,19-18-,24-22-. The molecule has 12 unspecified atom stereocenters. The second-order valence-corrected chi connectivity index (χ2v) is 15.8. The molecule has 14 heteroatoms. The third-order valence-electron chi connectivity index (χ3n) is 10.7. The first-order valence-corrected chi connectivity index (χ1v) is 22.5. The van der Waals surface area contributed by atoms with Crippen LogP contribution in [0.5, 0.6) is 0 Å². The molecule has 2 rings (SSSR count). The molecule has 2 aliphatic heterocycles. The summed E-state index contributed by atoms with van der Waals surface area (Å²) >= 11 is 0. The summed E-state index contributed by atoms with van der Waals surface area (Å²) in [6.07, 6.45) is 21.1. The number of carbonyl (C=O) groups excluding carboxylic acids is 1. The summed E-state index contributed by atoms with van der Waals surface area (Å²) in [5.74, 6) is -0.270. The van der Waals surface area contributed by atoms with E-state index in [9.17, 15) is 45.6 Å². The predicted molar refractivity (Wildman–Crippen MR) is 230 cm³/mol. The summed E-state index contributed by atoms with van der Waals surface area (Å²) in [7, 11) is 0. The molecular weight excluding hydrogens is 774 g/mol. The van der Waals surface area contributed by atoms with Crippen LogP contribution in [0.1, 0.15) is 129 Å². The van der Waals surface area contributed by atoms with Crippen molar-refractivity contribution in [2.24, 2.45) is 0 Å². The number of ether oxygens (including phenoxy) is 4. The molecular formula is C46H79NO13. The lowest BCUT2D eigenvalue weighted by atomic mass is 9.97. The first-order valence-electron chi connectivity index (χ1n) is 22.5. The first kappa shape index (κ1) is 53.8. The Labute approximate surface area is 358 Å². The molecule has 9 N–H and O–H groups in total. The Hall–Kier alpha value is -2.31. The number of allylic oxidation sites excluding steroid dienone is 10. The van der Waals surface area contributed by atoms with Gasteiger partial charge in [0.15, 0.2) is 12.6 Å². The second-order valence-electron chi connectivity index (χ2n) is 15.8. The number of amides is 1. The van der Waals surface area contributed by atoms with Crippen LogP contribution in [0.4, 0.5) is 0 Å². The highest BCUT2D eigenvalue weighted by atomic mass is 16.7. The Morgan fingerprint density at radius 2 is 1.13 bits per heavy atom. The summed E-state index contributed by atoms with van der Waals surface area (Å²) in [4.78, 5) is 13.1. The Morgan fingerprint density at radius 3 is 1.70 bits per heavy atom. The predicted octanol–water partition coefficient (Wildman–Crippen LogP) is 4.32. The van der Waals surface area contributed by atoms with Crippen LogP contribution in [0, 0.1) is 0 Å². The molecule has 12 atom stereocenters. The minimum Gasteiger partial charge on any atom is -0.394 e. The van der Waals surface area contributed by atoms with E-state index < -0.39 is 86.8 Å². The minimum atomic E-state index is -1.79. The van der Waals surface area contributed by atoms with Gasteiger partial charge in [0.2, 0.25) is 5.91 Å². The van der Waals surface area contributed by atoms with Crippen LogP contribution in [-0.2, 0) is 23.7 Å². The van der Waals surface area contributed by atoms with Gasteiger partial charge >= 0.3 is 0 Å². The molecule has 1 amide bonds. The van der Waals surface area contributed by atoms with Crippen molar-refractivity contribution in [1.29, 1.82) is 0 Å². The minimum absolute atomic E-state index is 0.223. The molecule has 2 fully saturated rings. The van der Waals surface area contributed by atoms with Gasteiger partial charge in [0, 0.05) is 6.42 Å². The Balaban J connectivity index is 1.90. The highest BCUT2D eigenvalue weighted by Crippen LogP contribution is 2.30. The van der Waals surface area contributed by atoms with Gasteiger partial charge in [-0.15, -0.1) is 0 Å². The molecule has 0 aromatic heterocycles. The molecule has 0 spiro atoms. The van der Waals surface area contributed by atoms with E-state index in [0.29, 0.717) is 19.3 Å². The van der Waals surface area contributed by atoms with Crippen LogP contribution in [0.15, 0.2) is 60.8 Å². The largest absolute Gasteiger partial charge is 0.394 e. The van der Waals surface area contributed by atoms with Crippen molar-refractivity contribution in [3.63, 3.8) is 0 Å². The Kier molecular flexibility index (Phi) is 29.9. The van der Waals surface area contributed by atoms with E-state index in [0.717, 1.165) is 57.8 Å². The summed E-state index contributed by atoms with van der Waals surface area (Å²) < 4.78 is 22.6. The van der Waals surface area contributed by atoms with E-state index >= 15 is 0 Å². The highest BCUT2D eigenvalue weighted by Gasteiger charge is 2.51. The zero-order valence-electron chi connectivity index (χ0n) is 36.2. The van der Waals surface area contributed by atoms with Gasteiger partial charge in [-0.2, -0.15) is 0 Å². The zero-order valence-corrected chi connectivity index (χ0v) is 36.2. The molecule has 0 aromatic rings. The van der Waals surface area contributed by atoms with E-state index in [1.807, 2.05) is 6.08 Å². The third-order valence-corrected chi connectivity index (χ3v) is 10.7. The normalized spacial score (nSPS) is 28.8. The van der Waals surface area contributed by atoms with Crippen molar-refractivity contribution in [1.82, 2.24) is 5.32 Å². The van der Waals surface area contributed by atoms with Gasteiger partial charge in [0.05, 0.1) is 32.0 Å². The molecule has 0 aliphatic carbocycles. The first-order chi connectivity index (χ1) is 29.1. The topological polar surface area (TPSA) is 228 Å². The second kappa shape index (κ2) is 33.3. The SMILES string of the molecule is CC/C=C\C/C=C\C/C=C\C/C=C\C/C=C\CCCC(=O)NC(COC1OC(CO)C(OC2OC(CO)C(O)C(O)C2O)C(O)C1O)C(O)CCCCCCCCCCC. The van der Waals surface area contributed by atoms with Gasteiger partial charge in [0.25, 0.3) is 0 Å². The summed E-state index contributed by atoms with van der Waals surface area (Å²) in [5.41, 5.74) is 0. The number of aliphatic hydroxyl groups is 8. The van der Waals surface area contributed by atoms with Crippen molar-refractivity contribution in [3.05, 3.63) is 60.8 Å². The van der Waals surface area contributed by atoms with Crippen LogP contribution in [0.25, 0.3) is 0 Å². The van der Waals surface area contributed by atoms with Crippen LogP contribution in [0.3, 0.4) is 0 Å². The van der Waals surface area contributed by atoms with E-state index in [2.05, 4.69) is 73.8 Å². The molecule has 2 heterocycles. The van der Waals surface area contributed by atoms with Crippen LogP contribution in [-0.4, -0.2) is 140 Å². The maximum Gasteiger partial charge on any atom is 0.220 e. The fourth-order valence-corrected chi connectivity index (χ4v) is 7.03. The molecule has 14 nitrogen and oxygen atoms in total. The average Bonchev–Trinajstić information content (AvgIpc) is 3.24. The van der Waals surface area contributed by atoms with Crippen LogP contribution >= 0.6 is 0 Å². The number of nitrogens with one attached hydrogen (secondary N) is 1. The number of rotatable bonds is 32. The lowest BCUT2D eigenvalue weighted by molar-refractivity contribution is -0.359.